The largest absolute Gasteiger partial charge is 0.616 e. The van der Waals surface area contributed by atoms with E-state index < -0.39 is 28.5 Å². The molecule has 0 bridgehead atoms. The van der Waals surface area contributed by atoms with Crippen LogP contribution in [0.2, 0.25) is 0 Å². The van der Waals surface area contributed by atoms with Crippen LogP contribution in [0, 0.1) is 5.21 Å². The fraction of sp³-hybridized carbons (Fsp3) is 0.357. The number of carbonyl (C=O) groups is 3. The molecule has 106 valence electrons. The van der Waals surface area contributed by atoms with Gasteiger partial charge >= 0.3 is 17.8 Å². The summed E-state index contributed by atoms with van der Waals surface area (Å²) in [6.45, 7) is 1.84. The first-order chi connectivity index (χ1) is 9.44. The number of hydrogen-bond donors (Lipinski definition) is 1. The summed E-state index contributed by atoms with van der Waals surface area (Å²) in [5.74, 6) is -3.37. The number of hydroxylamine groups is 3. The van der Waals surface area contributed by atoms with Crippen molar-refractivity contribution in [1.82, 2.24) is 0 Å². The monoisotopic (exact) mass is 277 g/mol. The fourth-order valence-corrected chi connectivity index (χ4v) is 2.45. The van der Waals surface area contributed by atoms with E-state index in [4.69, 9.17) is 0 Å². The first-order valence-electron chi connectivity index (χ1n) is 6.46. The summed E-state index contributed by atoms with van der Waals surface area (Å²) in [5, 5.41) is 21.9. The third kappa shape index (κ3) is 1.93. The van der Waals surface area contributed by atoms with E-state index in [0.29, 0.717) is 12.8 Å². The van der Waals surface area contributed by atoms with Crippen molar-refractivity contribution >= 4 is 17.8 Å². The van der Waals surface area contributed by atoms with E-state index in [1.807, 2.05) is 6.92 Å². The van der Waals surface area contributed by atoms with Crippen LogP contribution >= 0.6 is 0 Å². The lowest BCUT2D eigenvalue weighted by atomic mass is 10.1. The van der Waals surface area contributed by atoms with Gasteiger partial charge in [-0.15, -0.1) is 0 Å². The van der Waals surface area contributed by atoms with Gasteiger partial charge in [-0.25, -0.2) is 19.0 Å². The van der Waals surface area contributed by atoms with Crippen LogP contribution in [0.4, 0.5) is 0 Å². The standard InChI is InChI=1S/C14H15NO5/c1-2-3-8-11(14(18)19)15(20)12(16)9-6-4-5-7-10(9)13(15)17/h4-7,11H,2-3,8H2,1H3,(H,18,19). The van der Waals surface area contributed by atoms with Crippen LogP contribution in [0.15, 0.2) is 24.3 Å². The number of hydrogen-bond acceptors (Lipinski definition) is 4. The highest BCUT2D eigenvalue weighted by molar-refractivity contribution is 6.15. The van der Waals surface area contributed by atoms with Crippen LogP contribution in [-0.2, 0) is 4.79 Å². The quantitative estimate of drug-likeness (QED) is 0.504. The average Bonchev–Trinajstić information content (AvgIpc) is 2.62. The zero-order valence-electron chi connectivity index (χ0n) is 11.0. The van der Waals surface area contributed by atoms with Gasteiger partial charge in [0.25, 0.3) is 0 Å². The van der Waals surface area contributed by atoms with Gasteiger partial charge in [-0.3, -0.25) is 0 Å². The van der Waals surface area contributed by atoms with Gasteiger partial charge in [-0.1, -0.05) is 25.5 Å². The fourth-order valence-electron chi connectivity index (χ4n) is 2.45. The van der Waals surface area contributed by atoms with Gasteiger partial charge in [0.2, 0.25) is 6.04 Å². The molecule has 1 aromatic rings. The normalized spacial score (nSPS) is 17.9. The summed E-state index contributed by atoms with van der Waals surface area (Å²) in [6, 6.07) is 4.27. The predicted molar refractivity (Wildman–Crippen MR) is 69.7 cm³/mol. The van der Waals surface area contributed by atoms with E-state index in [1.54, 1.807) is 12.1 Å². The van der Waals surface area contributed by atoms with Crippen LogP contribution in [0.1, 0.15) is 46.9 Å². The van der Waals surface area contributed by atoms with Crippen LogP contribution in [0.3, 0.4) is 0 Å². The number of carbonyl (C=O) groups excluding carboxylic acids is 2. The topological polar surface area (TPSA) is 94.5 Å². The molecule has 0 aromatic heterocycles. The molecule has 0 aliphatic carbocycles. The molecule has 0 radical (unpaired) electrons. The lowest BCUT2D eigenvalue weighted by Gasteiger charge is -2.37. The minimum Gasteiger partial charge on any atom is -0.616 e. The van der Waals surface area contributed by atoms with Gasteiger partial charge < -0.3 is 10.3 Å². The molecular weight excluding hydrogens is 262 g/mol. The number of unbranched alkanes of at least 4 members (excludes halogenated alkanes) is 1. The first-order valence-corrected chi connectivity index (χ1v) is 6.46. The minimum absolute atomic E-state index is 0.000796. The molecule has 6 nitrogen and oxygen atoms in total. The molecule has 2 rings (SSSR count). The van der Waals surface area contributed by atoms with Crippen molar-refractivity contribution in [3.8, 4) is 0 Å². The molecule has 1 N–H and O–H groups in total. The molecule has 1 atom stereocenters. The number of rotatable bonds is 5. The number of amides is 2. The summed E-state index contributed by atoms with van der Waals surface area (Å²) < 4.78 is -1.94. The van der Waals surface area contributed by atoms with Crippen LogP contribution in [0.5, 0.6) is 0 Å². The van der Waals surface area contributed by atoms with Crippen molar-refractivity contribution in [2.75, 3.05) is 0 Å². The van der Waals surface area contributed by atoms with Crippen molar-refractivity contribution < 1.29 is 24.1 Å². The lowest BCUT2D eigenvalue weighted by Crippen LogP contribution is -2.58. The van der Waals surface area contributed by atoms with Gasteiger partial charge in [0.15, 0.2) is 0 Å². The molecule has 1 aliphatic heterocycles. The van der Waals surface area contributed by atoms with Crippen molar-refractivity contribution in [3.05, 3.63) is 40.6 Å². The Morgan fingerprint density at radius 1 is 1.25 bits per heavy atom. The molecule has 1 unspecified atom stereocenters. The predicted octanol–water partition coefficient (Wildman–Crippen LogP) is 1.94. The number of carboxylic acid groups (broad SMARTS) is 1. The zero-order valence-corrected chi connectivity index (χ0v) is 11.0. The molecule has 1 aromatic carbocycles. The first kappa shape index (κ1) is 14.4. The Bertz CT molecular complexity index is 546. The summed E-state index contributed by atoms with van der Waals surface area (Å²) in [6.07, 6.45) is 1.15. The molecule has 20 heavy (non-hydrogen) atoms. The summed E-state index contributed by atoms with van der Waals surface area (Å²) >= 11 is 0. The molecular formula is C14H15NO5. The van der Waals surface area contributed by atoms with Crippen LogP contribution in [-0.4, -0.2) is 33.6 Å². The SMILES string of the molecule is CCCCC(C(=O)O)[N+]1([O-])C(=O)c2ccccc2C1=O. The van der Waals surface area contributed by atoms with Crippen LogP contribution in [0.25, 0.3) is 0 Å². The second kappa shape index (κ2) is 5.15. The molecule has 0 spiro atoms. The summed E-state index contributed by atoms with van der Waals surface area (Å²) in [4.78, 5) is 35.7. The van der Waals surface area contributed by atoms with Gasteiger partial charge in [-0.2, -0.15) is 0 Å². The lowest BCUT2D eigenvalue weighted by molar-refractivity contribution is -0.729. The maximum absolute atomic E-state index is 12.7. The highest BCUT2D eigenvalue weighted by atomic mass is 16.6. The van der Waals surface area contributed by atoms with E-state index >= 15 is 0 Å². The molecule has 2 amide bonds. The second-order valence-electron chi connectivity index (χ2n) is 4.81. The summed E-state index contributed by atoms with van der Waals surface area (Å²) in [7, 11) is 0. The van der Waals surface area contributed by atoms with E-state index in [2.05, 4.69) is 0 Å². The average molecular weight is 277 g/mol. The Hall–Kier alpha value is -2.05. The van der Waals surface area contributed by atoms with Crippen molar-refractivity contribution in [2.45, 2.75) is 32.2 Å². The highest BCUT2D eigenvalue weighted by Gasteiger charge is 2.54. The number of fused-ring (bicyclic) bond motifs is 1. The van der Waals surface area contributed by atoms with E-state index in [-0.39, 0.29) is 17.5 Å². The Balaban J connectivity index is 2.47. The Morgan fingerprint density at radius 2 is 1.75 bits per heavy atom. The number of carboxylic acids is 1. The smallest absolute Gasteiger partial charge is 0.363 e. The Morgan fingerprint density at radius 3 is 2.15 bits per heavy atom. The minimum atomic E-state index is -1.94. The third-order valence-electron chi connectivity index (χ3n) is 3.55. The van der Waals surface area contributed by atoms with E-state index in [9.17, 15) is 24.7 Å². The number of benzene rings is 1. The van der Waals surface area contributed by atoms with Gasteiger partial charge in [0.05, 0.1) is 11.1 Å². The maximum Gasteiger partial charge on any atom is 0.363 e. The molecule has 6 heteroatoms. The number of nitrogens with zero attached hydrogens (tertiary/aromatic N) is 1. The van der Waals surface area contributed by atoms with Gasteiger partial charge in [-0.05, 0) is 18.6 Å². The number of aliphatic carboxylic acids is 1. The van der Waals surface area contributed by atoms with Crippen molar-refractivity contribution in [1.29, 1.82) is 0 Å². The second-order valence-corrected chi connectivity index (χ2v) is 4.81. The highest BCUT2D eigenvalue weighted by Crippen LogP contribution is 2.33. The Labute approximate surface area is 115 Å². The van der Waals surface area contributed by atoms with Gasteiger partial charge in [0, 0.05) is 6.42 Å². The maximum atomic E-state index is 12.7. The Kier molecular flexibility index (Phi) is 3.69. The van der Waals surface area contributed by atoms with E-state index in [1.165, 1.54) is 12.1 Å². The van der Waals surface area contributed by atoms with E-state index in [0.717, 1.165) is 0 Å². The van der Waals surface area contributed by atoms with Gasteiger partial charge in [0.1, 0.15) is 0 Å². The molecule has 0 fully saturated rings. The summed E-state index contributed by atoms with van der Waals surface area (Å²) in [5.41, 5.74) is 0.0190. The van der Waals surface area contributed by atoms with Crippen molar-refractivity contribution in [3.63, 3.8) is 0 Å². The third-order valence-corrected chi connectivity index (χ3v) is 3.55. The van der Waals surface area contributed by atoms with Crippen LogP contribution < -0.4 is 0 Å². The number of imide groups is 1. The number of quaternary nitrogens is 1. The molecule has 0 saturated heterocycles. The zero-order chi connectivity index (χ0) is 14.9. The van der Waals surface area contributed by atoms with Crippen molar-refractivity contribution in [2.24, 2.45) is 0 Å². The molecule has 0 saturated carbocycles. The molecule has 1 heterocycles. The molecule has 1 aliphatic rings.